The van der Waals surface area contributed by atoms with E-state index in [4.69, 9.17) is 5.11 Å². The molecule has 2 atom stereocenters. The molecule has 0 aliphatic rings. The van der Waals surface area contributed by atoms with Crippen molar-refractivity contribution >= 4 is 5.97 Å². The molecule has 3 nitrogen and oxygen atoms in total. The van der Waals surface area contributed by atoms with Gasteiger partial charge in [0.25, 0.3) is 0 Å². The van der Waals surface area contributed by atoms with E-state index in [9.17, 15) is 4.79 Å². The highest BCUT2D eigenvalue weighted by Crippen LogP contribution is 2.19. The molecule has 0 aromatic heterocycles. The first-order valence-electron chi connectivity index (χ1n) is 5.78. The van der Waals surface area contributed by atoms with E-state index in [0.717, 1.165) is 12.8 Å². The molecule has 90 valence electrons. The zero-order valence-electron chi connectivity index (χ0n) is 10.6. The van der Waals surface area contributed by atoms with Crippen LogP contribution in [0.4, 0.5) is 0 Å². The molecule has 2 unspecified atom stereocenters. The fourth-order valence-electron chi connectivity index (χ4n) is 1.24. The van der Waals surface area contributed by atoms with E-state index in [1.807, 2.05) is 6.92 Å². The molecule has 0 rings (SSSR count). The van der Waals surface area contributed by atoms with Gasteiger partial charge in [-0.25, -0.2) is 0 Å². The number of carbonyl (C=O) groups is 1. The number of carboxylic acids is 1. The SMILES string of the molecule is CCCCC(NC(C)C(C)(C)C)C(=O)O. The minimum absolute atomic E-state index is 0.0971. The quantitative estimate of drug-likeness (QED) is 0.716. The zero-order chi connectivity index (χ0) is 12.1. The molecular formula is C12H25NO2. The highest BCUT2D eigenvalue weighted by Gasteiger charge is 2.25. The van der Waals surface area contributed by atoms with E-state index in [1.165, 1.54) is 0 Å². The highest BCUT2D eigenvalue weighted by molar-refractivity contribution is 5.73. The fourth-order valence-corrected chi connectivity index (χ4v) is 1.24. The van der Waals surface area contributed by atoms with Crippen LogP contribution < -0.4 is 5.32 Å². The maximum absolute atomic E-state index is 11.0. The van der Waals surface area contributed by atoms with Crippen molar-refractivity contribution in [1.82, 2.24) is 5.32 Å². The van der Waals surface area contributed by atoms with Crippen LogP contribution in [0.5, 0.6) is 0 Å². The standard InChI is InChI=1S/C12H25NO2/c1-6-7-8-10(11(14)15)13-9(2)12(3,4)5/h9-10,13H,6-8H2,1-5H3,(H,14,15). The van der Waals surface area contributed by atoms with Crippen LogP contribution in [-0.2, 0) is 4.79 Å². The molecule has 15 heavy (non-hydrogen) atoms. The third-order valence-corrected chi connectivity index (χ3v) is 2.89. The van der Waals surface area contributed by atoms with E-state index in [2.05, 4.69) is 33.0 Å². The highest BCUT2D eigenvalue weighted by atomic mass is 16.4. The largest absolute Gasteiger partial charge is 0.480 e. The Balaban J connectivity index is 4.22. The lowest BCUT2D eigenvalue weighted by atomic mass is 9.87. The molecule has 0 spiro atoms. The summed E-state index contributed by atoms with van der Waals surface area (Å²) in [7, 11) is 0. The zero-order valence-corrected chi connectivity index (χ0v) is 10.6. The van der Waals surface area contributed by atoms with Gasteiger partial charge in [0.2, 0.25) is 0 Å². The summed E-state index contributed by atoms with van der Waals surface area (Å²) in [5.41, 5.74) is 0.0971. The Labute approximate surface area is 93.3 Å². The lowest BCUT2D eigenvalue weighted by Crippen LogP contribution is -2.47. The number of rotatable bonds is 6. The second-order valence-corrected chi connectivity index (χ2v) is 5.29. The topological polar surface area (TPSA) is 49.3 Å². The van der Waals surface area contributed by atoms with Crippen molar-refractivity contribution in [3.8, 4) is 0 Å². The first kappa shape index (κ1) is 14.4. The average Bonchev–Trinajstić information content (AvgIpc) is 2.09. The van der Waals surface area contributed by atoms with Gasteiger partial charge >= 0.3 is 5.97 Å². The summed E-state index contributed by atoms with van der Waals surface area (Å²) >= 11 is 0. The normalized spacial score (nSPS) is 16.1. The van der Waals surface area contributed by atoms with Crippen molar-refractivity contribution in [3.63, 3.8) is 0 Å². The monoisotopic (exact) mass is 215 g/mol. The van der Waals surface area contributed by atoms with Crippen LogP contribution in [-0.4, -0.2) is 23.2 Å². The third-order valence-electron chi connectivity index (χ3n) is 2.89. The van der Waals surface area contributed by atoms with E-state index in [0.29, 0.717) is 6.42 Å². The van der Waals surface area contributed by atoms with Crippen LogP contribution in [0.1, 0.15) is 53.9 Å². The summed E-state index contributed by atoms with van der Waals surface area (Å²) in [6, 6.07) is -0.199. The molecule has 3 heteroatoms. The summed E-state index contributed by atoms with van der Waals surface area (Å²) in [4.78, 5) is 11.0. The number of nitrogens with one attached hydrogen (secondary N) is 1. The minimum Gasteiger partial charge on any atom is -0.480 e. The lowest BCUT2D eigenvalue weighted by molar-refractivity contribution is -0.140. The number of unbranched alkanes of at least 4 members (excludes halogenated alkanes) is 1. The first-order chi connectivity index (χ1) is 6.79. The van der Waals surface area contributed by atoms with Gasteiger partial charge in [-0.05, 0) is 18.8 Å². The maximum Gasteiger partial charge on any atom is 0.320 e. The van der Waals surface area contributed by atoms with Crippen LogP contribution in [0.3, 0.4) is 0 Å². The molecule has 0 amide bonds. The van der Waals surface area contributed by atoms with Crippen molar-refractivity contribution < 1.29 is 9.90 Å². The summed E-state index contributed by atoms with van der Waals surface area (Å²) in [6.07, 6.45) is 2.71. The number of aliphatic carboxylic acids is 1. The molecule has 0 aliphatic carbocycles. The molecule has 0 saturated carbocycles. The Morgan fingerprint density at radius 2 is 1.93 bits per heavy atom. The van der Waals surface area contributed by atoms with Crippen LogP contribution in [0.25, 0.3) is 0 Å². The van der Waals surface area contributed by atoms with Gasteiger partial charge in [-0.15, -0.1) is 0 Å². The molecule has 0 aliphatic heterocycles. The van der Waals surface area contributed by atoms with Gasteiger partial charge in [0, 0.05) is 6.04 Å². The summed E-state index contributed by atoms with van der Waals surface area (Å²) in [5, 5.41) is 12.2. The Morgan fingerprint density at radius 3 is 2.27 bits per heavy atom. The van der Waals surface area contributed by atoms with E-state index in [-0.39, 0.29) is 11.5 Å². The molecule has 0 fully saturated rings. The van der Waals surface area contributed by atoms with E-state index >= 15 is 0 Å². The van der Waals surface area contributed by atoms with Crippen molar-refractivity contribution in [2.45, 2.75) is 66.0 Å². The van der Waals surface area contributed by atoms with Crippen molar-refractivity contribution in [2.75, 3.05) is 0 Å². The number of hydrogen-bond acceptors (Lipinski definition) is 2. The third kappa shape index (κ3) is 5.78. The van der Waals surface area contributed by atoms with E-state index in [1.54, 1.807) is 0 Å². The smallest absolute Gasteiger partial charge is 0.320 e. The van der Waals surface area contributed by atoms with Crippen LogP contribution in [0.2, 0.25) is 0 Å². The number of carboxylic acid groups (broad SMARTS) is 1. The first-order valence-corrected chi connectivity index (χ1v) is 5.78. The minimum atomic E-state index is -0.737. The van der Waals surface area contributed by atoms with Crippen molar-refractivity contribution in [3.05, 3.63) is 0 Å². The van der Waals surface area contributed by atoms with Crippen molar-refractivity contribution in [2.24, 2.45) is 5.41 Å². The summed E-state index contributed by atoms with van der Waals surface area (Å²) in [6.45, 7) is 10.5. The van der Waals surface area contributed by atoms with Crippen molar-refractivity contribution in [1.29, 1.82) is 0 Å². The van der Waals surface area contributed by atoms with E-state index < -0.39 is 12.0 Å². The molecule has 2 N–H and O–H groups in total. The van der Waals surface area contributed by atoms with Gasteiger partial charge in [0.1, 0.15) is 6.04 Å². The molecule has 0 radical (unpaired) electrons. The maximum atomic E-state index is 11.0. The lowest BCUT2D eigenvalue weighted by Gasteiger charge is -2.31. The summed E-state index contributed by atoms with van der Waals surface area (Å²) < 4.78 is 0. The molecule has 0 heterocycles. The van der Waals surface area contributed by atoms with Gasteiger partial charge in [-0.2, -0.15) is 0 Å². The van der Waals surface area contributed by atoms with Gasteiger partial charge < -0.3 is 10.4 Å². The number of hydrogen-bond donors (Lipinski definition) is 2. The Morgan fingerprint density at radius 1 is 1.40 bits per heavy atom. The van der Waals surface area contributed by atoms with Crippen LogP contribution >= 0.6 is 0 Å². The molecule has 0 aromatic rings. The predicted octanol–water partition coefficient (Wildman–Crippen LogP) is 2.65. The molecule has 0 bridgehead atoms. The van der Waals surface area contributed by atoms with Crippen LogP contribution in [0.15, 0.2) is 0 Å². The van der Waals surface area contributed by atoms with Gasteiger partial charge in [0.15, 0.2) is 0 Å². The molecule has 0 saturated heterocycles. The second kappa shape index (κ2) is 6.11. The Hall–Kier alpha value is -0.570. The average molecular weight is 215 g/mol. The van der Waals surface area contributed by atoms with Crippen LogP contribution in [0, 0.1) is 5.41 Å². The second-order valence-electron chi connectivity index (χ2n) is 5.29. The molecule has 0 aromatic carbocycles. The van der Waals surface area contributed by atoms with Gasteiger partial charge in [0.05, 0.1) is 0 Å². The predicted molar refractivity (Wildman–Crippen MR) is 63.0 cm³/mol. The fraction of sp³-hybridized carbons (Fsp3) is 0.917. The van der Waals surface area contributed by atoms with Gasteiger partial charge in [-0.1, -0.05) is 40.5 Å². The van der Waals surface area contributed by atoms with Gasteiger partial charge in [-0.3, -0.25) is 4.79 Å². The Bertz CT molecular complexity index is 196. The molecular weight excluding hydrogens is 190 g/mol. The Kier molecular flexibility index (Phi) is 5.88. The summed E-state index contributed by atoms with van der Waals surface area (Å²) in [5.74, 6) is -0.737.